The average Bonchev–Trinajstić information content (AvgIpc) is 2.05. The van der Waals surface area contributed by atoms with Crippen LogP contribution in [0, 0.1) is 0 Å². The summed E-state index contributed by atoms with van der Waals surface area (Å²) in [6.07, 6.45) is 2.22. The van der Waals surface area contributed by atoms with E-state index in [1.54, 1.807) is 3.71 Å². The number of nitrogens with zero attached hydrogens (tertiary/aromatic N) is 1. The molecule has 0 heterocycles. The molecule has 0 saturated carbocycles. The van der Waals surface area contributed by atoms with Crippen molar-refractivity contribution in [1.29, 1.82) is 0 Å². The van der Waals surface area contributed by atoms with Gasteiger partial charge in [-0.25, -0.2) is 0 Å². The Hall–Kier alpha value is -0.280. The van der Waals surface area contributed by atoms with E-state index in [1.807, 2.05) is 18.2 Å². The number of aryl methyl sites for hydroxylation is 1. The quantitative estimate of drug-likeness (QED) is 0.707. The SMILES string of the molecule is CCCc1ccccc1N(S)S. The van der Waals surface area contributed by atoms with Crippen molar-refractivity contribution < 1.29 is 0 Å². The molecule has 1 nitrogen and oxygen atoms in total. The smallest absolute Gasteiger partial charge is 0.0620 e. The molecule has 0 aliphatic rings. The number of benzene rings is 1. The Labute approximate surface area is 84.9 Å². The van der Waals surface area contributed by atoms with Crippen LogP contribution >= 0.6 is 25.6 Å². The van der Waals surface area contributed by atoms with Gasteiger partial charge >= 0.3 is 0 Å². The zero-order valence-electron chi connectivity index (χ0n) is 7.07. The zero-order valence-corrected chi connectivity index (χ0v) is 8.85. The van der Waals surface area contributed by atoms with Crippen molar-refractivity contribution in [2.24, 2.45) is 0 Å². The first kappa shape index (κ1) is 9.81. The Morgan fingerprint density at radius 3 is 2.50 bits per heavy atom. The summed E-state index contributed by atoms with van der Waals surface area (Å²) in [5, 5.41) is 0. The van der Waals surface area contributed by atoms with Crippen molar-refractivity contribution in [1.82, 2.24) is 0 Å². The third-order valence-corrected chi connectivity index (χ3v) is 2.16. The molecule has 0 amide bonds. The molecule has 1 aromatic rings. The molecule has 0 N–H and O–H groups in total. The van der Waals surface area contributed by atoms with E-state index in [1.165, 1.54) is 5.56 Å². The van der Waals surface area contributed by atoms with Gasteiger partial charge in [0.1, 0.15) is 0 Å². The number of anilines is 1. The van der Waals surface area contributed by atoms with E-state index in [0.717, 1.165) is 18.5 Å². The second-order valence-electron chi connectivity index (χ2n) is 2.67. The summed E-state index contributed by atoms with van der Waals surface area (Å²) in [5.41, 5.74) is 2.37. The van der Waals surface area contributed by atoms with Crippen LogP contribution in [-0.2, 0) is 6.42 Å². The first-order valence-corrected chi connectivity index (χ1v) is 4.81. The van der Waals surface area contributed by atoms with Crippen molar-refractivity contribution >= 4 is 31.3 Å². The molecule has 66 valence electrons. The van der Waals surface area contributed by atoms with Crippen LogP contribution in [0.2, 0.25) is 0 Å². The molecule has 12 heavy (non-hydrogen) atoms. The Morgan fingerprint density at radius 2 is 1.92 bits per heavy atom. The highest BCUT2D eigenvalue weighted by Gasteiger charge is 2.02. The largest absolute Gasteiger partial charge is 0.264 e. The highest BCUT2D eigenvalue weighted by atomic mass is 32.2. The van der Waals surface area contributed by atoms with E-state index in [4.69, 9.17) is 0 Å². The van der Waals surface area contributed by atoms with Gasteiger partial charge in [-0.05, 0) is 18.1 Å². The van der Waals surface area contributed by atoms with Gasteiger partial charge in [-0.2, -0.15) is 0 Å². The van der Waals surface area contributed by atoms with Gasteiger partial charge in [0.2, 0.25) is 0 Å². The summed E-state index contributed by atoms with van der Waals surface area (Å²) < 4.78 is 1.56. The second-order valence-corrected chi connectivity index (χ2v) is 3.78. The zero-order chi connectivity index (χ0) is 8.97. The monoisotopic (exact) mass is 199 g/mol. The highest BCUT2D eigenvalue weighted by molar-refractivity contribution is 8.00. The minimum Gasteiger partial charge on any atom is -0.264 e. The molecule has 0 bridgehead atoms. The van der Waals surface area contributed by atoms with Crippen molar-refractivity contribution in [2.45, 2.75) is 19.8 Å². The van der Waals surface area contributed by atoms with Crippen LogP contribution in [0.25, 0.3) is 0 Å². The molecular weight excluding hydrogens is 186 g/mol. The number of para-hydroxylation sites is 1. The molecule has 1 rings (SSSR count). The van der Waals surface area contributed by atoms with E-state index in [-0.39, 0.29) is 0 Å². The Balaban J connectivity index is 2.92. The molecule has 1 aromatic carbocycles. The first-order chi connectivity index (χ1) is 5.75. The third-order valence-electron chi connectivity index (χ3n) is 1.73. The van der Waals surface area contributed by atoms with E-state index in [2.05, 4.69) is 38.6 Å². The normalized spacial score (nSPS) is 9.92. The summed E-state index contributed by atoms with van der Waals surface area (Å²) in [5.74, 6) is 0. The molecule has 0 spiro atoms. The van der Waals surface area contributed by atoms with Crippen molar-refractivity contribution in [3.8, 4) is 0 Å². The van der Waals surface area contributed by atoms with Gasteiger partial charge in [0.15, 0.2) is 0 Å². The van der Waals surface area contributed by atoms with Gasteiger partial charge in [0.05, 0.1) is 5.69 Å². The number of hydrogen-bond acceptors (Lipinski definition) is 3. The van der Waals surface area contributed by atoms with Gasteiger partial charge in [0.25, 0.3) is 0 Å². The fourth-order valence-corrected chi connectivity index (χ4v) is 1.58. The maximum Gasteiger partial charge on any atom is 0.0620 e. The fourth-order valence-electron chi connectivity index (χ4n) is 1.19. The fraction of sp³-hybridized carbons (Fsp3) is 0.333. The lowest BCUT2D eigenvalue weighted by Gasteiger charge is -2.13. The van der Waals surface area contributed by atoms with E-state index >= 15 is 0 Å². The van der Waals surface area contributed by atoms with Crippen molar-refractivity contribution in [3.63, 3.8) is 0 Å². The summed E-state index contributed by atoms with van der Waals surface area (Å²) in [6.45, 7) is 2.16. The van der Waals surface area contributed by atoms with Gasteiger partial charge < -0.3 is 0 Å². The molecule has 0 unspecified atom stereocenters. The lowest BCUT2D eigenvalue weighted by molar-refractivity contribution is 0.923. The molecule has 0 fully saturated rings. The van der Waals surface area contributed by atoms with Gasteiger partial charge in [-0.15, -0.1) is 0 Å². The molecular formula is C9H13NS2. The van der Waals surface area contributed by atoms with Crippen molar-refractivity contribution in [2.75, 3.05) is 3.71 Å². The predicted molar refractivity (Wildman–Crippen MR) is 60.9 cm³/mol. The molecule has 3 heteroatoms. The lowest BCUT2D eigenvalue weighted by atomic mass is 10.1. The van der Waals surface area contributed by atoms with E-state index < -0.39 is 0 Å². The van der Waals surface area contributed by atoms with Gasteiger partial charge in [0, 0.05) is 0 Å². The lowest BCUT2D eigenvalue weighted by Crippen LogP contribution is -1.97. The van der Waals surface area contributed by atoms with Crippen LogP contribution < -0.4 is 3.71 Å². The molecule has 0 radical (unpaired) electrons. The third kappa shape index (κ3) is 2.35. The standard InChI is InChI=1S/C9H13NS2/c1-2-5-8-6-3-4-7-9(8)10(11)12/h3-4,6-7,11-12H,2,5H2,1H3. The van der Waals surface area contributed by atoms with E-state index in [9.17, 15) is 0 Å². The van der Waals surface area contributed by atoms with E-state index in [0.29, 0.717) is 0 Å². The molecule has 0 aromatic heterocycles. The number of thiol groups is 2. The van der Waals surface area contributed by atoms with Crippen LogP contribution in [0.15, 0.2) is 24.3 Å². The Kier molecular flexibility index (Phi) is 3.82. The second kappa shape index (κ2) is 4.67. The molecule has 0 aliphatic heterocycles. The Morgan fingerprint density at radius 1 is 1.25 bits per heavy atom. The van der Waals surface area contributed by atoms with Crippen LogP contribution in [0.4, 0.5) is 5.69 Å². The average molecular weight is 199 g/mol. The van der Waals surface area contributed by atoms with Crippen LogP contribution in [0.3, 0.4) is 0 Å². The maximum atomic E-state index is 4.15. The van der Waals surface area contributed by atoms with Crippen LogP contribution in [0.1, 0.15) is 18.9 Å². The molecule has 0 aliphatic carbocycles. The maximum absolute atomic E-state index is 4.15. The number of rotatable bonds is 3. The first-order valence-electron chi connectivity index (χ1n) is 4.01. The van der Waals surface area contributed by atoms with Gasteiger partial charge in [-0.3, -0.25) is 3.71 Å². The number of hydrogen-bond donors (Lipinski definition) is 2. The van der Waals surface area contributed by atoms with Crippen LogP contribution in [0.5, 0.6) is 0 Å². The summed E-state index contributed by atoms with van der Waals surface area (Å²) in [7, 11) is 0. The molecule has 0 atom stereocenters. The Bertz CT molecular complexity index is 248. The van der Waals surface area contributed by atoms with Crippen LogP contribution in [-0.4, -0.2) is 0 Å². The highest BCUT2D eigenvalue weighted by Crippen LogP contribution is 2.24. The summed E-state index contributed by atoms with van der Waals surface area (Å²) in [4.78, 5) is 0. The minimum atomic E-state index is 1.08. The summed E-state index contributed by atoms with van der Waals surface area (Å²) >= 11 is 8.30. The molecule has 0 saturated heterocycles. The predicted octanol–water partition coefficient (Wildman–Crippen LogP) is 3.14. The minimum absolute atomic E-state index is 1.08. The summed E-state index contributed by atoms with van der Waals surface area (Å²) in [6, 6.07) is 8.16. The van der Waals surface area contributed by atoms with Crippen molar-refractivity contribution in [3.05, 3.63) is 29.8 Å². The topological polar surface area (TPSA) is 3.24 Å². The van der Waals surface area contributed by atoms with Gasteiger partial charge in [-0.1, -0.05) is 57.2 Å².